The molecule has 3 nitrogen and oxygen atoms in total. The van der Waals surface area contributed by atoms with E-state index >= 15 is 0 Å². The number of carbonyl (C=O) groups excluding carboxylic acids is 1. The van der Waals surface area contributed by atoms with Gasteiger partial charge < -0.3 is 9.84 Å². The first-order valence-electron chi connectivity index (χ1n) is 7.08. The van der Waals surface area contributed by atoms with Crippen LogP contribution in [0, 0.1) is 5.41 Å². The largest absolute Gasteiger partial charge is 0.465 e. The highest BCUT2D eigenvalue weighted by Crippen LogP contribution is 2.43. The van der Waals surface area contributed by atoms with Gasteiger partial charge in [0.2, 0.25) is 0 Å². The van der Waals surface area contributed by atoms with Crippen LogP contribution < -0.4 is 0 Å². The predicted octanol–water partition coefficient (Wildman–Crippen LogP) is 2.71. The maximum atomic E-state index is 12.2. The van der Waals surface area contributed by atoms with Crippen LogP contribution in [0.1, 0.15) is 38.2 Å². The van der Waals surface area contributed by atoms with Gasteiger partial charge >= 0.3 is 5.97 Å². The fraction of sp³-hybridized carbons (Fsp3) is 0.562. The normalized spacial score (nSPS) is 26.3. The van der Waals surface area contributed by atoms with E-state index in [2.05, 4.69) is 12.1 Å². The summed E-state index contributed by atoms with van der Waals surface area (Å²) in [7, 11) is 0. The Balaban J connectivity index is 2.08. The number of rotatable bonds is 5. The number of benzene rings is 1. The third-order valence-corrected chi connectivity index (χ3v) is 4.12. The topological polar surface area (TPSA) is 46.5 Å². The Morgan fingerprint density at radius 3 is 2.74 bits per heavy atom. The van der Waals surface area contributed by atoms with E-state index in [1.54, 1.807) is 0 Å². The average molecular weight is 262 g/mol. The first-order valence-corrected chi connectivity index (χ1v) is 7.08. The molecule has 2 unspecified atom stereocenters. The summed E-state index contributed by atoms with van der Waals surface area (Å²) < 4.78 is 5.19. The third-order valence-electron chi connectivity index (χ3n) is 4.12. The SMILES string of the molecule is CCOC(=O)C1(CCc2ccccc2)CCCC1O. The standard InChI is InChI=1S/C16H22O3/c1-2-19-15(18)16(11-6-9-14(16)17)12-10-13-7-4-3-5-8-13/h3-5,7-8,14,17H,2,6,9-12H2,1H3. The van der Waals surface area contributed by atoms with Crippen LogP contribution in [0.25, 0.3) is 0 Å². The average Bonchev–Trinajstić information content (AvgIpc) is 2.80. The minimum atomic E-state index is -0.689. The molecule has 19 heavy (non-hydrogen) atoms. The second kappa shape index (κ2) is 6.20. The van der Waals surface area contributed by atoms with Gasteiger partial charge in [-0.15, -0.1) is 0 Å². The highest BCUT2D eigenvalue weighted by molar-refractivity contribution is 5.78. The number of hydrogen-bond acceptors (Lipinski definition) is 3. The highest BCUT2D eigenvalue weighted by Gasteiger charge is 2.49. The molecule has 1 aliphatic carbocycles. The molecule has 1 aromatic rings. The number of aliphatic hydroxyl groups is 1. The molecule has 1 N–H and O–H groups in total. The molecule has 0 aromatic heterocycles. The molecular weight excluding hydrogens is 240 g/mol. The number of ether oxygens (including phenoxy) is 1. The van der Waals surface area contributed by atoms with Gasteiger partial charge in [-0.2, -0.15) is 0 Å². The van der Waals surface area contributed by atoms with E-state index in [0.717, 1.165) is 19.3 Å². The monoisotopic (exact) mass is 262 g/mol. The fourth-order valence-electron chi connectivity index (χ4n) is 2.97. The van der Waals surface area contributed by atoms with Gasteiger partial charge in [-0.05, 0) is 44.6 Å². The molecule has 104 valence electrons. The summed E-state index contributed by atoms with van der Waals surface area (Å²) in [5.74, 6) is -0.226. The minimum Gasteiger partial charge on any atom is -0.465 e. The van der Waals surface area contributed by atoms with Crippen LogP contribution >= 0.6 is 0 Å². The van der Waals surface area contributed by atoms with Crippen LogP contribution in [-0.4, -0.2) is 23.8 Å². The van der Waals surface area contributed by atoms with Crippen molar-refractivity contribution in [2.75, 3.05) is 6.61 Å². The van der Waals surface area contributed by atoms with Gasteiger partial charge in [0.05, 0.1) is 18.1 Å². The van der Waals surface area contributed by atoms with E-state index in [1.807, 2.05) is 25.1 Å². The fourth-order valence-corrected chi connectivity index (χ4v) is 2.97. The smallest absolute Gasteiger partial charge is 0.314 e. The van der Waals surface area contributed by atoms with Gasteiger partial charge in [0, 0.05) is 0 Å². The van der Waals surface area contributed by atoms with Crippen molar-refractivity contribution in [2.45, 2.75) is 45.1 Å². The van der Waals surface area contributed by atoms with Crippen LogP contribution in [0.2, 0.25) is 0 Å². The summed E-state index contributed by atoms with van der Waals surface area (Å²) in [6, 6.07) is 10.1. The van der Waals surface area contributed by atoms with Crippen molar-refractivity contribution in [3.8, 4) is 0 Å². The van der Waals surface area contributed by atoms with E-state index in [1.165, 1.54) is 5.56 Å². The van der Waals surface area contributed by atoms with Crippen molar-refractivity contribution in [2.24, 2.45) is 5.41 Å². The molecule has 0 heterocycles. The molecule has 3 heteroatoms. The maximum Gasteiger partial charge on any atom is 0.314 e. The van der Waals surface area contributed by atoms with Gasteiger partial charge in [-0.25, -0.2) is 0 Å². The van der Waals surface area contributed by atoms with E-state index in [4.69, 9.17) is 4.74 Å². The molecule has 0 amide bonds. The van der Waals surface area contributed by atoms with E-state index < -0.39 is 11.5 Å². The summed E-state index contributed by atoms with van der Waals surface area (Å²) in [4.78, 5) is 12.2. The maximum absolute atomic E-state index is 12.2. The lowest BCUT2D eigenvalue weighted by molar-refractivity contribution is -0.161. The van der Waals surface area contributed by atoms with Crippen molar-refractivity contribution in [1.82, 2.24) is 0 Å². The van der Waals surface area contributed by atoms with Crippen LogP contribution in [0.4, 0.5) is 0 Å². The van der Waals surface area contributed by atoms with Crippen molar-refractivity contribution in [1.29, 1.82) is 0 Å². The van der Waals surface area contributed by atoms with Gasteiger partial charge in [0.25, 0.3) is 0 Å². The predicted molar refractivity (Wildman–Crippen MR) is 73.7 cm³/mol. The Labute approximate surface area is 114 Å². The molecule has 0 radical (unpaired) electrons. The molecule has 1 aromatic carbocycles. The number of hydrogen-bond donors (Lipinski definition) is 1. The highest BCUT2D eigenvalue weighted by atomic mass is 16.5. The Bertz CT molecular complexity index is 415. The molecule has 2 rings (SSSR count). The summed E-state index contributed by atoms with van der Waals surface area (Å²) >= 11 is 0. The summed E-state index contributed by atoms with van der Waals surface area (Å²) in [6.07, 6.45) is 3.24. The zero-order valence-corrected chi connectivity index (χ0v) is 11.5. The number of aliphatic hydroxyl groups excluding tert-OH is 1. The molecule has 1 saturated carbocycles. The molecule has 1 aliphatic rings. The van der Waals surface area contributed by atoms with Crippen molar-refractivity contribution in [3.05, 3.63) is 35.9 Å². The molecule has 1 fully saturated rings. The molecule has 0 aliphatic heterocycles. The van der Waals surface area contributed by atoms with Gasteiger partial charge in [-0.3, -0.25) is 4.79 Å². The zero-order valence-electron chi connectivity index (χ0n) is 11.5. The first kappa shape index (κ1) is 14.1. The lowest BCUT2D eigenvalue weighted by Gasteiger charge is -2.30. The van der Waals surface area contributed by atoms with Crippen molar-refractivity contribution in [3.63, 3.8) is 0 Å². The lowest BCUT2D eigenvalue weighted by atomic mass is 9.78. The summed E-state index contributed by atoms with van der Waals surface area (Å²) in [5, 5.41) is 10.2. The van der Waals surface area contributed by atoms with E-state index in [9.17, 15) is 9.90 Å². The number of carbonyl (C=O) groups is 1. The molecule has 2 atom stereocenters. The van der Waals surface area contributed by atoms with Gasteiger partial charge in [0.1, 0.15) is 0 Å². The van der Waals surface area contributed by atoms with E-state index in [-0.39, 0.29) is 5.97 Å². The van der Waals surface area contributed by atoms with Crippen molar-refractivity contribution >= 4 is 5.97 Å². The Hall–Kier alpha value is -1.35. The Morgan fingerprint density at radius 1 is 1.42 bits per heavy atom. The molecule has 0 spiro atoms. The van der Waals surface area contributed by atoms with Gasteiger partial charge in [-0.1, -0.05) is 30.3 Å². The van der Waals surface area contributed by atoms with Crippen LogP contribution in [0.3, 0.4) is 0 Å². The third kappa shape index (κ3) is 2.98. The minimum absolute atomic E-state index is 0.226. The quantitative estimate of drug-likeness (QED) is 0.830. The molecule has 0 bridgehead atoms. The number of esters is 1. The van der Waals surface area contributed by atoms with Crippen LogP contribution in [0.5, 0.6) is 0 Å². The Kier molecular flexibility index (Phi) is 4.59. The number of aryl methyl sites for hydroxylation is 1. The lowest BCUT2D eigenvalue weighted by Crippen LogP contribution is -2.40. The summed E-state index contributed by atoms with van der Waals surface area (Å²) in [5.41, 5.74) is 0.511. The second-order valence-corrected chi connectivity index (χ2v) is 5.27. The first-order chi connectivity index (χ1) is 9.19. The summed E-state index contributed by atoms with van der Waals surface area (Å²) in [6.45, 7) is 2.18. The van der Waals surface area contributed by atoms with Crippen molar-refractivity contribution < 1.29 is 14.6 Å². The zero-order chi connectivity index (χ0) is 13.7. The second-order valence-electron chi connectivity index (χ2n) is 5.27. The van der Waals surface area contributed by atoms with Gasteiger partial charge in [0.15, 0.2) is 0 Å². The van der Waals surface area contributed by atoms with E-state index in [0.29, 0.717) is 19.4 Å². The Morgan fingerprint density at radius 2 is 2.16 bits per heavy atom. The molecule has 0 saturated heterocycles. The molecular formula is C16H22O3. The van der Waals surface area contributed by atoms with Crippen LogP contribution in [0.15, 0.2) is 30.3 Å². The van der Waals surface area contributed by atoms with Crippen LogP contribution in [-0.2, 0) is 16.0 Å².